The van der Waals surface area contributed by atoms with Crippen molar-refractivity contribution in [1.29, 1.82) is 0 Å². The van der Waals surface area contributed by atoms with Gasteiger partial charge in [-0.05, 0) is 18.9 Å². The van der Waals surface area contributed by atoms with Crippen LogP contribution in [-0.4, -0.2) is 41.0 Å². The molecule has 0 radical (unpaired) electrons. The Morgan fingerprint density at radius 2 is 2.13 bits per heavy atom. The maximum absolute atomic E-state index is 12.3. The third kappa shape index (κ3) is 3.02. The summed E-state index contributed by atoms with van der Waals surface area (Å²) >= 11 is 0. The number of carbonyl (C=O) groups is 3. The van der Waals surface area contributed by atoms with Crippen LogP contribution in [0.15, 0.2) is 41.4 Å². The zero-order valence-electron chi connectivity index (χ0n) is 12.8. The summed E-state index contributed by atoms with van der Waals surface area (Å²) in [5.74, 6) is -1.11. The molecule has 120 valence electrons. The van der Waals surface area contributed by atoms with Crippen LogP contribution in [0.4, 0.5) is 4.79 Å². The van der Waals surface area contributed by atoms with E-state index in [4.69, 9.17) is 0 Å². The lowest BCUT2D eigenvalue weighted by Gasteiger charge is -2.28. The van der Waals surface area contributed by atoms with Gasteiger partial charge in [0.2, 0.25) is 5.91 Å². The average molecular weight is 313 g/mol. The Labute approximate surface area is 134 Å². The summed E-state index contributed by atoms with van der Waals surface area (Å²) in [7, 11) is 0. The van der Waals surface area contributed by atoms with E-state index in [1.807, 2.05) is 0 Å². The molecule has 1 unspecified atom stereocenters. The SMILES string of the molecule is C=CCN1C(=O)N=C2C=C(C(=O)NC3CCCC3)C=CC2C1=O. The minimum absolute atomic E-state index is 0.136. The van der Waals surface area contributed by atoms with Gasteiger partial charge in [-0.15, -0.1) is 6.58 Å². The smallest absolute Gasteiger partial charge is 0.349 e. The molecule has 0 aromatic carbocycles. The Bertz CT molecular complexity index is 654. The minimum Gasteiger partial charge on any atom is -0.349 e. The van der Waals surface area contributed by atoms with Gasteiger partial charge in [-0.2, -0.15) is 4.99 Å². The molecule has 0 aromatic rings. The number of nitrogens with zero attached hydrogens (tertiary/aromatic N) is 2. The van der Waals surface area contributed by atoms with Crippen LogP contribution in [0.2, 0.25) is 0 Å². The highest BCUT2D eigenvalue weighted by Crippen LogP contribution is 2.23. The lowest BCUT2D eigenvalue weighted by molar-refractivity contribution is -0.129. The van der Waals surface area contributed by atoms with Crippen LogP contribution in [-0.2, 0) is 9.59 Å². The number of hydrogen-bond acceptors (Lipinski definition) is 3. The summed E-state index contributed by atoms with van der Waals surface area (Å²) in [5.41, 5.74) is 0.768. The maximum Gasteiger partial charge on any atom is 0.350 e. The van der Waals surface area contributed by atoms with Crippen LogP contribution in [0, 0.1) is 5.92 Å². The highest BCUT2D eigenvalue weighted by atomic mass is 16.2. The fourth-order valence-electron chi connectivity index (χ4n) is 3.12. The second-order valence-corrected chi connectivity index (χ2v) is 5.95. The Morgan fingerprint density at radius 1 is 1.39 bits per heavy atom. The predicted molar refractivity (Wildman–Crippen MR) is 85.9 cm³/mol. The lowest BCUT2D eigenvalue weighted by Crippen LogP contribution is -2.46. The molecule has 0 spiro atoms. The highest BCUT2D eigenvalue weighted by Gasteiger charge is 2.36. The quantitative estimate of drug-likeness (QED) is 0.803. The molecule has 23 heavy (non-hydrogen) atoms. The first-order valence-corrected chi connectivity index (χ1v) is 7.85. The van der Waals surface area contributed by atoms with Crippen molar-refractivity contribution in [2.75, 3.05) is 6.54 Å². The number of aliphatic imine (C=N–C) groups is 1. The number of hydrogen-bond donors (Lipinski definition) is 1. The molecule has 1 fully saturated rings. The summed E-state index contributed by atoms with van der Waals surface area (Å²) in [6.07, 6.45) is 10.6. The molecule has 6 nitrogen and oxygen atoms in total. The van der Waals surface area contributed by atoms with E-state index < -0.39 is 11.9 Å². The second-order valence-electron chi connectivity index (χ2n) is 5.95. The third-order valence-corrected chi connectivity index (χ3v) is 4.34. The minimum atomic E-state index is -0.608. The molecule has 6 heteroatoms. The van der Waals surface area contributed by atoms with Crippen molar-refractivity contribution in [3.63, 3.8) is 0 Å². The second kappa shape index (κ2) is 6.32. The van der Waals surface area contributed by atoms with Crippen LogP contribution < -0.4 is 5.32 Å². The molecule has 2 aliphatic carbocycles. The largest absolute Gasteiger partial charge is 0.350 e. The Balaban J connectivity index is 1.77. The van der Waals surface area contributed by atoms with Gasteiger partial charge in [-0.3, -0.25) is 14.5 Å². The molecule has 1 heterocycles. The maximum atomic E-state index is 12.3. The Morgan fingerprint density at radius 3 is 2.83 bits per heavy atom. The van der Waals surface area contributed by atoms with E-state index in [0.717, 1.165) is 30.6 Å². The molecule has 1 saturated carbocycles. The van der Waals surface area contributed by atoms with Gasteiger partial charge in [-0.25, -0.2) is 4.79 Å². The van der Waals surface area contributed by atoms with Gasteiger partial charge in [0.05, 0.1) is 11.6 Å². The van der Waals surface area contributed by atoms with Crippen molar-refractivity contribution in [1.82, 2.24) is 10.2 Å². The van der Waals surface area contributed by atoms with Crippen molar-refractivity contribution in [3.8, 4) is 0 Å². The molecule has 3 rings (SSSR count). The first-order valence-electron chi connectivity index (χ1n) is 7.85. The van der Waals surface area contributed by atoms with Crippen molar-refractivity contribution in [2.24, 2.45) is 10.9 Å². The zero-order chi connectivity index (χ0) is 16.4. The molecule has 1 aliphatic heterocycles. The molecule has 4 amide bonds. The van der Waals surface area contributed by atoms with Crippen LogP contribution in [0.3, 0.4) is 0 Å². The monoisotopic (exact) mass is 313 g/mol. The standard InChI is InChI=1S/C17H19N3O3/c1-2-9-20-16(22)13-8-7-11(10-14(13)19-17(20)23)15(21)18-12-5-3-4-6-12/h2,7-8,10,12-13H,1,3-6,9H2,(H,18,21). The summed E-state index contributed by atoms with van der Waals surface area (Å²) in [6, 6.07) is -0.391. The van der Waals surface area contributed by atoms with E-state index in [0.29, 0.717) is 11.3 Å². The number of fused-ring (bicyclic) bond motifs is 1. The number of amides is 4. The summed E-state index contributed by atoms with van der Waals surface area (Å²) in [4.78, 5) is 41.5. The van der Waals surface area contributed by atoms with E-state index in [2.05, 4.69) is 16.9 Å². The van der Waals surface area contributed by atoms with Crippen LogP contribution in [0.25, 0.3) is 0 Å². The number of urea groups is 1. The molecular weight excluding hydrogens is 294 g/mol. The van der Waals surface area contributed by atoms with Crippen LogP contribution >= 0.6 is 0 Å². The number of rotatable bonds is 4. The van der Waals surface area contributed by atoms with Crippen molar-refractivity contribution in [3.05, 3.63) is 36.5 Å². The van der Waals surface area contributed by atoms with Gasteiger partial charge in [0.25, 0.3) is 5.91 Å². The van der Waals surface area contributed by atoms with Crippen LogP contribution in [0.1, 0.15) is 25.7 Å². The van der Waals surface area contributed by atoms with Gasteiger partial charge in [0, 0.05) is 18.2 Å². The lowest BCUT2D eigenvalue weighted by atomic mass is 9.91. The van der Waals surface area contributed by atoms with Gasteiger partial charge in [0.15, 0.2) is 0 Å². The highest BCUT2D eigenvalue weighted by molar-refractivity contribution is 6.23. The Kier molecular flexibility index (Phi) is 4.23. The fraction of sp³-hybridized carbons (Fsp3) is 0.412. The van der Waals surface area contributed by atoms with E-state index in [1.54, 1.807) is 12.2 Å². The first-order chi connectivity index (χ1) is 11.1. The number of allylic oxidation sites excluding steroid dienone is 1. The van der Waals surface area contributed by atoms with Crippen LogP contribution in [0.5, 0.6) is 0 Å². The van der Waals surface area contributed by atoms with E-state index >= 15 is 0 Å². The molecule has 0 bridgehead atoms. The Hall–Kier alpha value is -2.50. The van der Waals surface area contributed by atoms with Crippen molar-refractivity contribution < 1.29 is 14.4 Å². The van der Waals surface area contributed by atoms with Crippen molar-refractivity contribution >= 4 is 23.6 Å². The van der Waals surface area contributed by atoms with E-state index in [-0.39, 0.29) is 24.4 Å². The van der Waals surface area contributed by atoms with E-state index in [9.17, 15) is 14.4 Å². The topological polar surface area (TPSA) is 78.8 Å². The fourth-order valence-corrected chi connectivity index (χ4v) is 3.12. The molecule has 1 atom stereocenters. The predicted octanol–water partition coefficient (Wildman–Crippen LogP) is 1.75. The van der Waals surface area contributed by atoms with Gasteiger partial charge >= 0.3 is 6.03 Å². The molecule has 0 aromatic heterocycles. The molecule has 0 saturated heterocycles. The van der Waals surface area contributed by atoms with Gasteiger partial charge in [0.1, 0.15) is 0 Å². The van der Waals surface area contributed by atoms with Gasteiger partial charge < -0.3 is 5.32 Å². The van der Waals surface area contributed by atoms with Gasteiger partial charge in [-0.1, -0.05) is 31.1 Å². The first kappa shape index (κ1) is 15.4. The third-order valence-electron chi connectivity index (χ3n) is 4.34. The summed E-state index contributed by atoms with van der Waals surface area (Å²) < 4.78 is 0. The van der Waals surface area contributed by atoms with E-state index in [1.165, 1.54) is 12.2 Å². The number of imide groups is 1. The molecule has 3 aliphatic rings. The summed E-state index contributed by atoms with van der Waals surface area (Å²) in [5, 5.41) is 2.99. The number of nitrogens with one attached hydrogen (secondary N) is 1. The molecule has 1 N–H and O–H groups in total. The molecular formula is C17H19N3O3. The van der Waals surface area contributed by atoms with Crippen molar-refractivity contribution in [2.45, 2.75) is 31.7 Å². The zero-order valence-corrected chi connectivity index (χ0v) is 12.8. The average Bonchev–Trinajstić information content (AvgIpc) is 3.03. The summed E-state index contributed by atoms with van der Waals surface area (Å²) in [6.45, 7) is 3.67. The number of carbonyl (C=O) groups excluding carboxylic acids is 3. The normalized spacial score (nSPS) is 24.2.